The second-order valence-corrected chi connectivity index (χ2v) is 5.20. The summed E-state index contributed by atoms with van der Waals surface area (Å²) in [5.74, 6) is -1.39. The van der Waals surface area contributed by atoms with Gasteiger partial charge < -0.3 is 10.6 Å². The van der Waals surface area contributed by atoms with Crippen LogP contribution in [0.4, 0.5) is 14.5 Å². The standard InChI is InChI=1S/C13H18F2N2OS/c1-4-9(7-19-3)17(2)13(18)10-5-8(14)6-11(16)12(10)15/h5-6,9H,4,7,16H2,1-3H3. The lowest BCUT2D eigenvalue weighted by atomic mass is 10.1. The Hall–Kier alpha value is -1.30. The summed E-state index contributed by atoms with van der Waals surface area (Å²) in [6.07, 6.45) is 2.68. The molecular weight excluding hydrogens is 270 g/mol. The van der Waals surface area contributed by atoms with Crippen LogP contribution in [0.2, 0.25) is 0 Å². The number of benzene rings is 1. The average Bonchev–Trinajstić information content (AvgIpc) is 2.38. The van der Waals surface area contributed by atoms with Crippen molar-refractivity contribution in [2.24, 2.45) is 0 Å². The molecule has 0 aliphatic rings. The van der Waals surface area contributed by atoms with E-state index in [9.17, 15) is 13.6 Å². The Morgan fingerprint density at radius 2 is 2.11 bits per heavy atom. The molecule has 106 valence electrons. The molecule has 0 aliphatic heterocycles. The molecule has 19 heavy (non-hydrogen) atoms. The Morgan fingerprint density at radius 3 is 2.63 bits per heavy atom. The predicted octanol–water partition coefficient (Wildman–Crippen LogP) is 2.76. The molecule has 0 aromatic heterocycles. The van der Waals surface area contributed by atoms with E-state index in [-0.39, 0.29) is 17.3 Å². The Balaban J connectivity index is 3.06. The van der Waals surface area contributed by atoms with E-state index in [4.69, 9.17) is 5.73 Å². The number of carbonyl (C=O) groups excluding carboxylic acids is 1. The van der Waals surface area contributed by atoms with Gasteiger partial charge in [-0.1, -0.05) is 6.92 Å². The summed E-state index contributed by atoms with van der Waals surface area (Å²) >= 11 is 1.60. The second kappa shape index (κ2) is 6.75. The van der Waals surface area contributed by atoms with Crippen LogP contribution in [0, 0.1) is 11.6 Å². The van der Waals surface area contributed by atoms with Crippen LogP contribution in [-0.4, -0.2) is 35.9 Å². The van der Waals surface area contributed by atoms with Crippen molar-refractivity contribution in [1.29, 1.82) is 0 Å². The van der Waals surface area contributed by atoms with Gasteiger partial charge >= 0.3 is 0 Å². The van der Waals surface area contributed by atoms with Crippen LogP contribution in [0.1, 0.15) is 23.7 Å². The lowest BCUT2D eigenvalue weighted by Crippen LogP contribution is -2.38. The average molecular weight is 288 g/mol. The number of nitrogen functional groups attached to an aromatic ring is 1. The first-order valence-corrected chi connectivity index (χ1v) is 7.32. The normalized spacial score (nSPS) is 12.3. The van der Waals surface area contributed by atoms with Gasteiger partial charge in [-0.2, -0.15) is 11.8 Å². The molecular formula is C13H18F2N2OS. The topological polar surface area (TPSA) is 46.3 Å². The number of hydrogen-bond acceptors (Lipinski definition) is 3. The number of nitrogens with zero attached hydrogens (tertiary/aromatic N) is 1. The minimum Gasteiger partial charge on any atom is -0.396 e. The van der Waals surface area contributed by atoms with Gasteiger partial charge in [0.25, 0.3) is 5.91 Å². The van der Waals surface area contributed by atoms with E-state index in [2.05, 4.69) is 0 Å². The lowest BCUT2D eigenvalue weighted by Gasteiger charge is -2.27. The van der Waals surface area contributed by atoms with E-state index in [1.807, 2.05) is 13.2 Å². The number of nitrogens with two attached hydrogens (primary N) is 1. The molecule has 0 spiro atoms. The van der Waals surface area contributed by atoms with E-state index >= 15 is 0 Å². The zero-order chi connectivity index (χ0) is 14.6. The summed E-state index contributed by atoms with van der Waals surface area (Å²) in [5.41, 5.74) is 4.66. The van der Waals surface area contributed by atoms with Crippen molar-refractivity contribution in [1.82, 2.24) is 4.90 Å². The Kier molecular flexibility index (Phi) is 5.60. The van der Waals surface area contributed by atoms with Crippen molar-refractivity contribution < 1.29 is 13.6 Å². The highest BCUT2D eigenvalue weighted by Gasteiger charge is 2.23. The van der Waals surface area contributed by atoms with Crippen molar-refractivity contribution in [2.45, 2.75) is 19.4 Å². The smallest absolute Gasteiger partial charge is 0.257 e. The summed E-state index contributed by atoms with van der Waals surface area (Å²) < 4.78 is 27.0. The predicted molar refractivity (Wildman–Crippen MR) is 75.3 cm³/mol. The molecule has 6 heteroatoms. The largest absolute Gasteiger partial charge is 0.396 e. The molecule has 0 bridgehead atoms. The third-order valence-electron chi connectivity index (χ3n) is 2.99. The fourth-order valence-corrected chi connectivity index (χ4v) is 2.66. The number of hydrogen-bond donors (Lipinski definition) is 1. The quantitative estimate of drug-likeness (QED) is 0.847. The number of carbonyl (C=O) groups is 1. The Labute approximate surface area is 116 Å². The molecule has 0 fully saturated rings. The number of halogens is 2. The number of anilines is 1. The maximum atomic E-state index is 13.8. The molecule has 1 atom stereocenters. The third-order valence-corrected chi connectivity index (χ3v) is 3.71. The Morgan fingerprint density at radius 1 is 1.47 bits per heavy atom. The van der Waals surface area contributed by atoms with Gasteiger partial charge in [0.1, 0.15) is 5.82 Å². The van der Waals surface area contributed by atoms with Crippen molar-refractivity contribution in [2.75, 3.05) is 24.8 Å². The summed E-state index contributed by atoms with van der Waals surface area (Å²) in [7, 11) is 1.59. The molecule has 1 aromatic carbocycles. The van der Waals surface area contributed by atoms with Gasteiger partial charge in [0.2, 0.25) is 0 Å². The molecule has 1 aromatic rings. The summed E-state index contributed by atoms with van der Waals surface area (Å²) in [5, 5.41) is 0. The van der Waals surface area contributed by atoms with Crippen LogP contribution in [-0.2, 0) is 0 Å². The van der Waals surface area contributed by atoms with Crippen LogP contribution in [0.3, 0.4) is 0 Å². The molecule has 1 unspecified atom stereocenters. The van der Waals surface area contributed by atoms with Crippen molar-refractivity contribution >= 4 is 23.4 Å². The Bertz CT molecular complexity index is 468. The van der Waals surface area contributed by atoms with Crippen LogP contribution in [0.15, 0.2) is 12.1 Å². The molecule has 3 nitrogen and oxygen atoms in total. The number of rotatable bonds is 5. The highest BCUT2D eigenvalue weighted by Crippen LogP contribution is 2.20. The first-order valence-electron chi connectivity index (χ1n) is 5.93. The second-order valence-electron chi connectivity index (χ2n) is 4.29. The van der Waals surface area contributed by atoms with Gasteiger partial charge in [-0.05, 0) is 24.8 Å². The molecule has 0 saturated heterocycles. The van der Waals surface area contributed by atoms with Gasteiger partial charge in [-0.25, -0.2) is 8.78 Å². The van der Waals surface area contributed by atoms with Crippen LogP contribution >= 0.6 is 11.8 Å². The van der Waals surface area contributed by atoms with Gasteiger partial charge in [-0.15, -0.1) is 0 Å². The zero-order valence-electron chi connectivity index (χ0n) is 11.2. The van der Waals surface area contributed by atoms with E-state index in [0.717, 1.165) is 24.3 Å². The van der Waals surface area contributed by atoms with E-state index < -0.39 is 17.5 Å². The van der Waals surface area contributed by atoms with Gasteiger partial charge in [-0.3, -0.25) is 4.79 Å². The first kappa shape index (κ1) is 15.8. The summed E-state index contributed by atoms with van der Waals surface area (Å²) in [4.78, 5) is 13.6. The molecule has 0 heterocycles. The molecule has 2 N–H and O–H groups in total. The highest BCUT2D eigenvalue weighted by molar-refractivity contribution is 7.98. The SMILES string of the molecule is CCC(CSC)N(C)C(=O)c1cc(F)cc(N)c1F. The highest BCUT2D eigenvalue weighted by atomic mass is 32.2. The molecule has 0 saturated carbocycles. The molecule has 1 amide bonds. The van der Waals surface area contributed by atoms with Gasteiger partial charge in [0.05, 0.1) is 11.3 Å². The molecule has 1 rings (SSSR count). The van der Waals surface area contributed by atoms with Crippen molar-refractivity contribution in [3.63, 3.8) is 0 Å². The maximum absolute atomic E-state index is 13.8. The molecule has 0 radical (unpaired) electrons. The van der Waals surface area contributed by atoms with Gasteiger partial charge in [0.15, 0.2) is 5.82 Å². The van der Waals surface area contributed by atoms with Crippen molar-refractivity contribution in [3.05, 3.63) is 29.3 Å². The van der Waals surface area contributed by atoms with E-state index in [0.29, 0.717) is 0 Å². The minimum atomic E-state index is -0.864. The number of amides is 1. The monoisotopic (exact) mass is 288 g/mol. The van der Waals surface area contributed by atoms with Crippen LogP contribution < -0.4 is 5.73 Å². The van der Waals surface area contributed by atoms with Gasteiger partial charge in [0, 0.05) is 18.8 Å². The third kappa shape index (κ3) is 3.59. The first-order chi connectivity index (χ1) is 8.92. The fraction of sp³-hybridized carbons (Fsp3) is 0.462. The summed E-state index contributed by atoms with van der Waals surface area (Å²) in [6.45, 7) is 1.95. The maximum Gasteiger partial charge on any atom is 0.257 e. The van der Waals surface area contributed by atoms with Crippen molar-refractivity contribution in [3.8, 4) is 0 Å². The fourth-order valence-electron chi connectivity index (χ4n) is 1.82. The van der Waals surface area contributed by atoms with E-state index in [1.165, 1.54) is 4.90 Å². The zero-order valence-corrected chi connectivity index (χ0v) is 12.1. The minimum absolute atomic E-state index is 0.0219. The lowest BCUT2D eigenvalue weighted by molar-refractivity contribution is 0.0738. The summed E-state index contributed by atoms with van der Waals surface area (Å²) in [6, 6.07) is 1.73. The number of thioether (sulfide) groups is 1. The molecule has 0 aliphatic carbocycles. The van der Waals surface area contributed by atoms with Crippen LogP contribution in [0.25, 0.3) is 0 Å². The van der Waals surface area contributed by atoms with Crippen LogP contribution in [0.5, 0.6) is 0 Å². The van der Waals surface area contributed by atoms with E-state index in [1.54, 1.807) is 18.8 Å².